The van der Waals surface area contributed by atoms with Crippen LogP contribution in [0.5, 0.6) is 0 Å². The number of pyridine rings is 1. The van der Waals surface area contributed by atoms with Crippen molar-refractivity contribution in [1.29, 1.82) is 10.5 Å². The summed E-state index contributed by atoms with van der Waals surface area (Å²) < 4.78 is 0. The minimum atomic E-state index is 0.0704. The average Bonchev–Trinajstić information content (AvgIpc) is 2.95. The molecule has 3 aromatic rings. The largest absolute Gasteiger partial charge is 0.346 e. The molecule has 2 aromatic heterocycles. The fourth-order valence-electron chi connectivity index (χ4n) is 2.18. The molecule has 1 aromatic carbocycles. The molecular formula is C17H10N4. The summed E-state index contributed by atoms with van der Waals surface area (Å²) >= 11 is 0. The molecule has 0 unspecified atom stereocenters. The first kappa shape index (κ1) is 12.7. The highest BCUT2D eigenvalue weighted by atomic mass is 14.8. The van der Waals surface area contributed by atoms with E-state index < -0.39 is 0 Å². The number of H-pyrrole nitrogens is 1. The van der Waals surface area contributed by atoms with Crippen LogP contribution < -0.4 is 0 Å². The van der Waals surface area contributed by atoms with Gasteiger partial charge in [0.05, 0.1) is 0 Å². The van der Waals surface area contributed by atoms with Crippen LogP contribution in [0.2, 0.25) is 0 Å². The van der Waals surface area contributed by atoms with Crippen LogP contribution in [0.25, 0.3) is 28.2 Å². The molecule has 0 fully saturated rings. The van der Waals surface area contributed by atoms with Gasteiger partial charge in [-0.2, -0.15) is 10.5 Å². The van der Waals surface area contributed by atoms with Gasteiger partial charge in [0.1, 0.15) is 23.4 Å². The summed E-state index contributed by atoms with van der Waals surface area (Å²) in [6.07, 6.45) is 5.12. The van der Waals surface area contributed by atoms with E-state index in [2.05, 4.69) is 9.97 Å². The summed E-state index contributed by atoms with van der Waals surface area (Å²) in [5.74, 6) is 0. The number of allylic oxidation sites excluding steroid dienone is 1. The first-order valence-electron chi connectivity index (χ1n) is 6.36. The van der Waals surface area contributed by atoms with Crippen LogP contribution in [0.1, 0.15) is 5.56 Å². The number of benzene rings is 1. The lowest BCUT2D eigenvalue weighted by molar-refractivity contribution is 1.32. The Hall–Kier alpha value is -3.37. The van der Waals surface area contributed by atoms with E-state index in [-0.39, 0.29) is 5.57 Å². The maximum absolute atomic E-state index is 8.86. The van der Waals surface area contributed by atoms with Gasteiger partial charge in [-0.15, -0.1) is 0 Å². The molecule has 0 spiro atoms. The first-order chi connectivity index (χ1) is 10.3. The van der Waals surface area contributed by atoms with Gasteiger partial charge >= 0.3 is 0 Å². The van der Waals surface area contributed by atoms with Crippen molar-refractivity contribution >= 4 is 17.1 Å². The molecule has 0 amide bonds. The Morgan fingerprint density at radius 1 is 1.10 bits per heavy atom. The van der Waals surface area contributed by atoms with Gasteiger partial charge in [0.15, 0.2) is 0 Å². The number of hydrogen-bond donors (Lipinski definition) is 1. The Morgan fingerprint density at radius 3 is 2.57 bits per heavy atom. The quantitative estimate of drug-likeness (QED) is 0.722. The molecule has 0 atom stereocenters. The van der Waals surface area contributed by atoms with Crippen molar-refractivity contribution in [3.63, 3.8) is 0 Å². The number of nitriles is 2. The maximum Gasteiger partial charge on any atom is 0.137 e. The van der Waals surface area contributed by atoms with Gasteiger partial charge in [0.2, 0.25) is 0 Å². The Bertz CT molecular complexity index is 889. The Morgan fingerprint density at radius 2 is 1.86 bits per heavy atom. The second-order valence-corrected chi connectivity index (χ2v) is 4.51. The van der Waals surface area contributed by atoms with Crippen LogP contribution in [0, 0.1) is 22.7 Å². The lowest BCUT2D eigenvalue weighted by atomic mass is 10.1. The Kier molecular flexibility index (Phi) is 3.21. The summed E-state index contributed by atoms with van der Waals surface area (Å²) in [6.45, 7) is 0. The predicted molar refractivity (Wildman–Crippen MR) is 80.7 cm³/mol. The van der Waals surface area contributed by atoms with Crippen molar-refractivity contribution in [3.8, 4) is 23.3 Å². The Labute approximate surface area is 121 Å². The van der Waals surface area contributed by atoms with Crippen LogP contribution in [-0.2, 0) is 0 Å². The molecule has 3 rings (SSSR count). The molecule has 0 aliphatic carbocycles. The molecule has 0 aliphatic rings. The lowest BCUT2D eigenvalue weighted by Gasteiger charge is -2.01. The van der Waals surface area contributed by atoms with Gasteiger partial charge in [-0.25, -0.2) is 4.98 Å². The number of rotatable bonds is 2. The highest BCUT2D eigenvalue weighted by Crippen LogP contribution is 2.25. The van der Waals surface area contributed by atoms with Gasteiger partial charge in [-0.3, -0.25) is 0 Å². The summed E-state index contributed by atoms with van der Waals surface area (Å²) in [6, 6.07) is 15.7. The average molecular weight is 270 g/mol. The van der Waals surface area contributed by atoms with Gasteiger partial charge in [-0.05, 0) is 17.7 Å². The molecule has 0 saturated heterocycles. The van der Waals surface area contributed by atoms with E-state index in [9.17, 15) is 0 Å². The molecule has 0 radical (unpaired) electrons. The Balaban J connectivity index is 2.16. The third-order valence-electron chi connectivity index (χ3n) is 3.21. The maximum atomic E-state index is 8.86. The zero-order valence-corrected chi connectivity index (χ0v) is 11.0. The highest BCUT2D eigenvalue weighted by molar-refractivity contribution is 5.90. The summed E-state index contributed by atoms with van der Waals surface area (Å²) in [7, 11) is 0. The van der Waals surface area contributed by atoms with E-state index >= 15 is 0 Å². The van der Waals surface area contributed by atoms with Crippen LogP contribution in [0.3, 0.4) is 0 Å². The van der Waals surface area contributed by atoms with Gasteiger partial charge < -0.3 is 4.98 Å². The van der Waals surface area contributed by atoms with Crippen LogP contribution in [0.15, 0.2) is 54.4 Å². The molecule has 0 saturated carbocycles. The standard InChI is InChI=1S/C17H10N4/c18-8-12(9-19)6-15-11-21-17-16(15)7-14(10-20-17)13-4-2-1-3-5-13/h1-7,10-11H,(H,20,21). The summed E-state index contributed by atoms with van der Waals surface area (Å²) in [5.41, 5.74) is 3.65. The van der Waals surface area contributed by atoms with Crippen LogP contribution in [0.4, 0.5) is 0 Å². The number of fused-ring (bicyclic) bond motifs is 1. The second-order valence-electron chi connectivity index (χ2n) is 4.51. The molecule has 21 heavy (non-hydrogen) atoms. The van der Waals surface area contributed by atoms with Crippen LogP contribution in [-0.4, -0.2) is 9.97 Å². The van der Waals surface area contributed by atoms with Crippen molar-refractivity contribution in [2.24, 2.45) is 0 Å². The molecule has 98 valence electrons. The minimum absolute atomic E-state index is 0.0704. The lowest BCUT2D eigenvalue weighted by Crippen LogP contribution is -1.82. The fraction of sp³-hybridized carbons (Fsp3) is 0. The van der Waals surface area contributed by atoms with E-state index in [0.717, 1.165) is 27.7 Å². The summed E-state index contributed by atoms with van der Waals surface area (Å²) in [5, 5.41) is 18.6. The SMILES string of the molecule is N#CC(C#N)=Cc1c[nH]c2ncc(-c3ccccc3)cc12. The number of aromatic amines is 1. The minimum Gasteiger partial charge on any atom is -0.346 e. The molecule has 2 heterocycles. The van der Waals surface area contributed by atoms with Crippen molar-refractivity contribution in [2.75, 3.05) is 0 Å². The van der Waals surface area contributed by atoms with Gasteiger partial charge in [-0.1, -0.05) is 30.3 Å². The second kappa shape index (κ2) is 5.32. The fourth-order valence-corrected chi connectivity index (χ4v) is 2.18. The van der Waals surface area contributed by atoms with Crippen molar-refractivity contribution in [3.05, 3.63) is 59.9 Å². The number of nitrogens with one attached hydrogen (secondary N) is 1. The molecule has 0 aliphatic heterocycles. The number of hydrogen-bond acceptors (Lipinski definition) is 3. The van der Waals surface area contributed by atoms with Crippen molar-refractivity contribution < 1.29 is 0 Å². The normalized spacial score (nSPS) is 9.81. The van der Waals surface area contributed by atoms with E-state index in [0.29, 0.717) is 0 Å². The first-order valence-corrected chi connectivity index (χ1v) is 6.36. The number of nitrogens with zero attached hydrogens (tertiary/aromatic N) is 3. The van der Waals surface area contributed by atoms with Gasteiger partial charge in [0.25, 0.3) is 0 Å². The zero-order valence-electron chi connectivity index (χ0n) is 11.0. The van der Waals surface area contributed by atoms with E-state index in [1.807, 2.05) is 48.5 Å². The van der Waals surface area contributed by atoms with Gasteiger partial charge in [0, 0.05) is 28.9 Å². The molecule has 4 heteroatoms. The molecule has 1 N–H and O–H groups in total. The van der Waals surface area contributed by atoms with Crippen LogP contribution >= 0.6 is 0 Å². The summed E-state index contributed by atoms with van der Waals surface area (Å²) in [4.78, 5) is 7.43. The van der Waals surface area contributed by atoms with E-state index in [1.54, 1.807) is 18.5 Å². The van der Waals surface area contributed by atoms with Crippen molar-refractivity contribution in [2.45, 2.75) is 0 Å². The highest BCUT2D eigenvalue weighted by Gasteiger charge is 2.06. The monoisotopic (exact) mass is 270 g/mol. The van der Waals surface area contributed by atoms with E-state index in [4.69, 9.17) is 10.5 Å². The predicted octanol–water partition coefficient (Wildman–Crippen LogP) is 3.66. The molecule has 0 bridgehead atoms. The third-order valence-corrected chi connectivity index (χ3v) is 3.21. The zero-order chi connectivity index (χ0) is 14.7. The third kappa shape index (κ3) is 2.39. The smallest absolute Gasteiger partial charge is 0.137 e. The van der Waals surface area contributed by atoms with Crippen molar-refractivity contribution in [1.82, 2.24) is 9.97 Å². The van der Waals surface area contributed by atoms with E-state index in [1.165, 1.54) is 0 Å². The topological polar surface area (TPSA) is 76.3 Å². The molecule has 4 nitrogen and oxygen atoms in total. The number of aromatic nitrogens is 2. The molecular weight excluding hydrogens is 260 g/mol.